The van der Waals surface area contributed by atoms with Gasteiger partial charge in [-0.05, 0) is 23.8 Å². The zero-order chi connectivity index (χ0) is 12.1. The van der Waals surface area contributed by atoms with Gasteiger partial charge in [0.1, 0.15) is 5.70 Å². The minimum absolute atomic E-state index is 0.0907. The first kappa shape index (κ1) is 12.0. The third-order valence-electron chi connectivity index (χ3n) is 1.92. The Hall–Kier alpha value is -2.04. The molecule has 0 spiro atoms. The molecule has 0 amide bonds. The lowest BCUT2D eigenvalue weighted by atomic mass is 10.2. The lowest BCUT2D eigenvalue weighted by Gasteiger charge is -2.03. The van der Waals surface area contributed by atoms with E-state index >= 15 is 0 Å². The zero-order valence-electron chi connectivity index (χ0n) is 8.99. The molecule has 0 aliphatic heterocycles. The number of rotatable bonds is 3. The maximum absolute atomic E-state index is 13.3. The maximum atomic E-state index is 13.3. The summed E-state index contributed by atoms with van der Waals surface area (Å²) in [5, 5.41) is 0. The van der Waals surface area contributed by atoms with Crippen molar-refractivity contribution in [2.24, 2.45) is 5.73 Å². The third kappa shape index (κ3) is 2.73. The fourth-order valence-corrected chi connectivity index (χ4v) is 1.13. The van der Waals surface area contributed by atoms with Crippen LogP contribution in [-0.4, -0.2) is 20.2 Å². The summed E-state index contributed by atoms with van der Waals surface area (Å²) in [5.74, 6) is -1.04. The second kappa shape index (κ2) is 5.16. The molecule has 0 aliphatic rings. The van der Waals surface area contributed by atoms with E-state index in [4.69, 9.17) is 10.5 Å². The number of ether oxygens (including phenoxy) is 2. The number of hydrogen-bond acceptors (Lipinski definition) is 4. The molecule has 0 saturated carbocycles. The Morgan fingerprint density at radius 3 is 2.62 bits per heavy atom. The summed E-state index contributed by atoms with van der Waals surface area (Å²) in [6, 6.07) is 4.25. The van der Waals surface area contributed by atoms with Crippen molar-refractivity contribution in [3.63, 3.8) is 0 Å². The van der Waals surface area contributed by atoms with Gasteiger partial charge < -0.3 is 15.2 Å². The number of methoxy groups -OCH3 is 2. The molecule has 0 radical (unpaired) electrons. The summed E-state index contributed by atoms with van der Waals surface area (Å²) in [5.41, 5.74) is 5.78. The number of carbonyl (C=O) groups is 1. The fraction of sp³-hybridized carbons (Fsp3) is 0.182. The molecule has 0 saturated heterocycles. The molecule has 0 heterocycles. The minimum atomic E-state index is -0.656. The Bertz CT molecular complexity index is 429. The molecule has 4 nitrogen and oxygen atoms in total. The van der Waals surface area contributed by atoms with Crippen LogP contribution in [0.4, 0.5) is 4.39 Å². The molecule has 5 heteroatoms. The molecule has 0 aromatic heterocycles. The van der Waals surface area contributed by atoms with Gasteiger partial charge in [0.25, 0.3) is 0 Å². The molecule has 86 valence electrons. The van der Waals surface area contributed by atoms with Gasteiger partial charge in [-0.2, -0.15) is 0 Å². The quantitative estimate of drug-likeness (QED) is 0.622. The van der Waals surface area contributed by atoms with Gasteiger partial charge in [0.05, 0.1) is 14.2 Å². The number of carbonyl (C=O) groups excluding carboxylic acids is 1. The first-order valence-electron chi connectivity index (χ1n) is 4.47. The molecule has 1 aromatic rings. The highest BCUT2D eigenvalue weighted by atomic mass is 19.1. The Labute approximate surface area is 92.5 Å². The molecule has 0 bridgehead atoms. The van der Waals surface area contributed by atoms with Gasteiger partial charge in [-0.3, -0.25) is 0 Å². The summed E-state index contributed by atoms with van der Waals surface area (Å²) < 4.78 is 22.4. The first-order valence-corrected chi connectivity index (χ1v) is 4.47. The van der Waals surface area contributed by atoms with Crippen LogP contribution < -0.4 is 10.5 Å². The second-order valence-corrected chi connectivity index (χ2v) is 2.99. The van der Waals surface area contributed by atoms with Crippen LogP contribution in [0.5, 0.6) is 5.75 Å². The highest BCUT2D eigenvalue weighted by Crippen LogP contribution is 2.18. The van der Waals surface area contributed by atoms with E-state index in [2.05, 4.69) is 4.74 Å². The van der Waals surface area contributed by atoms with Gasteiger partial charge in [0, 0.05) is 0 Å². The summed E-state index contributed by atoms with van der Waals surface area (Å²) in [4.78, 5) is 11.0. The van der Waals surface area contributed by atoms with Crippen LogP contribution in [0.2, 0.25) is 0 Å². The Kier molecular flexibility index (Phi) is 3.88. The number of benzene rings is 1. The van der Waals surface area contributed by atoms with E-state index in [-0.39, 0.29) is 11.4 Å². The average molecular weight is 225 g/mol. The standard InChI is InChI=1S/C11H12FNO3/c1-15-10-4-3-7(5-8(10)12)6-9(13)11(14)16-2/h3-6H,13H2,1-2H3/b9-6-. The molecule has 1 rings (SSSR count). The highest BCUT2D eigenvalue weighted by molar-refractivity contribution is 5.92. The van der Waals surface area contributed by atoms with Crippen LogP contribution in [0.3, 0.4) is 0 Å². The number of hydrogen-bond donors (Lipinski definition) is 1. The predicted molar refractivity (Wildman–Crippen MR) is 57.1 cm³/mol. The van der Waals surface area contributed by atoms with Crippen LogP contribution in [0.1, 0.15) is 5.56 Å². The predicted octanol–water partition coefficient (Wildman–Crippen LogP) is 1.31. The maximum Gasteiger partial charge on any atom is 0.353 e. The van der Waals surface area contributed by atoms with Gasteiger partial charge in [0.2, 0.25) is 0 Å². The Morgan fingerprint density at radius 1 is 1.44 bits per heavy atom. The smallest absolute Gasteiger partial charge is 0.353 e. The van der Waals surface area contributed by atoms with E-state index in [9.17, 15) is 9.18 Å². The lowest BCUT2D eigenvalue weighted by Crippen LogP contribution is -2.12. The van der Waals surface area contributed by atoms with Crippen LogP contribution in [0.15, 0.2) is 23.9 Å². The topological polar surface area (TPSA) is 61.5 Å². The largest absolute Gasteiger partial charge is 0.494 e. The summed E-state index contributed by atoms with van der Waals surface area (Å²) in [6.45, 7) is 0. The lowest BCUT2D eigenvalue weighted by molar-refractivity contribution is -0.136. The summed E-state index contributed by atoms with van der Waals surface area (Å²) >= 11 is 0. The molecule has 0 atom stereocenters. The summed E-state index contributed by atoms with van der Waals surface area (Å²) in [7, 11) is 2.59. The SMILES string of the molecule is COC(=O)/C(N)=C/c1ccc(OC)c(F)c1. The van der Waals surface area contributed by atoms with Crippen molar-refractivity contribution in [3.05, 3.63) is 35.3 Å². The van der Waals surface area contributed by atoms with E-state index < -0.39 is 11.8 Å². The Balaban J connectivity index is 2.98. The normalized spacial score (nSPS) is 11.1. The molecule has 16 heavy (non-hydrogen) atoms. The van der Waals surface area contributed by atoms with Crippen LogP contribution in [0, 0.1) is 5.82 Å². The van der Waals surface area contributed by atoms with Crippen molar-refractivity contribution in [3.8, 4) is 5.75 Å². The van der Waals surface area contributed by atoms with Crippen molar-refractivity contribution >= 4 is 12.0 Å². The molecule has 0 aliphatic carbocycles. The monoisotopic (exact) mass is 225 g/mol. The molecule has 1 aromatic carbocycles. The molecule has 2 N–H and O–H groups in total. The van der Waals surface area contributed by atoms with E-state index in [1.807, 2.05) is 0 Å². The molecular formula is C11H12FNO3. The minimum Gasteiger partial charge on any atom is -0.494 e. The average Bonchev–Trinajstić information content (AvgIpc) is 2.28. The Morgan fingerprint density at radius 2 is 2.12 bits per heavy atom. The van der Waals surface area contributed by atoms with Gasteiger partial charge in [-0.15, -0.1) is 0 Å². The van der Waals surface area contributed by atoms with Gasteiger partial charge in [0.15, 0.2) is 11.6 Å². The summed E-state index contributed by atoms with van der Waals surface area (Å²) in [6.07, 6.45) is 1.33. The molecule has 0 fully saturated rings. The highest BCUT2D eigenvalue weighted by Gasteiger charge is 2.06. The van der Waals surface area contributed by atoms with E-state index in [1.165, 1.54) is 32.4 Å². The van der Waals surface area contributed by atoms with Gasteiger partial charge in [-0.1, -0.05) is 6.07 Å². The van der Waals surface area contributed by atoms with Crippen molar-refractivity contribution in [2.45, 2.75) is 0 Å². The fourth-order valence-electron chi connectivity index (χ4n) is 1.13. The van der Waals surface area contributed by atoms with Crippen molar-refractivity contribution in [1.29, 1.82) is 0 Å². The number of nitrogens with two attached hydrogens (primary N) is 1. The number of esters is 1. The molecular weight excluding hydrogens is 213 g/mol. The van der Waals surface area contributed by atoms with Gasteiger partial charge in [-0.25, -0.2) is 9.18 Å². The van der Waals surface area contributed by atoms with E-state index in [0.29, 0.717) is 5.56 Å². The molecule has 0 unspecified atom stereocenters. The number of halogens is 1. The third-order valence-corrected chi connectivity index (χ3v) is 1.92. The second-order valence-electron chi connectivity index (χ2n) is 2.99. The van der Waals surface area contributed by atoms with Crippen molar-refractivity contribution < 1.29 is 18.7 Å². The van der Waals surface area contributed by atoms with E-state index in [1.54, 1.807) is 6.07 Å². The van der Waals surface area contributed by atoms with Crippen molar-refractivity contribution in [1.82, 2.24) is 0 Å². The van der Waals surface area contributed by atoms with Crippen LogP contribution in [-0.2, 0) is 9.53 Å². The zero-order valence-corrected chi connectivity index (χ0v) is 8.99. The van der Waals surface area contributed by atoms with Crippen LogP contribution in [0.25, 0.3) is 6.08 Å². The van der Waals surface area contributed by atoms with Gasteiger partial charge >= 0.3 is 5.97 Å². The first-order chi connectivity index (χ1) is 7.58. The van der Waals surface area contributed by atoms with Crippen LogP contribution >= 0.6 is 0 Å². The van der Waals surface area contributed by atoms with E-state index in [0.717, 1.165) is 0 Å². The van der Waals surface area contributed by atoms with Crippen molar-refractivity contribution in [2.75, 3.05) is 14.2 Å².